The molecule has 2 aliphatic rings. The highest BCUT2D eigenvalue weighted by molar-refractivity contribution is 7.91. The Bertz CT molecular complexity index is 2810. The van der Waals surface area contributed by atoms with E-state index in [9.17, 15) is 16.8 Å². The Kier molecular flexibility index (Phi) is 18.1. The number of hydrogen-bond acceptors (Lipinski definition) is 18. The highest BCUT2D eigenvalue weighted by Gasteiger charge is 2.37. The standard InChI is InChI=1S/2C26H36N6O4S/c2*1-17-13-27-25(28-14-17)18(2)19(3)37(33,34)16-23-29-30-26(20-9-8-12-31(4)15-20)32(23)24-21(35-5)10-7-11-22(24)36-6/h2*7,10-11,13-14,18-20H,8-9,12,15-16H2,1-6H3/t18-,19-,20+;18-,19-,20-/m00/s1. The quantitative estimate of drug-likeness (QED) is 0.0884. The van der Waals surface area contributed by atoms with Crippen LogP contribution >= 0.6 is 0 Å². The molecule has 0 saturated carbocycles. The van der Waals surface area contributed by atoms with Crippen LogP contribution in [-0.4, -0.2) is 155 Å². The van der Waals surface area contributed by atoms with Gasteiger partial charge in [0.15, 0.2) is 31.3 Å². The molecule has 0 amide bonds. The van der Waals surface area contributed by atoms with Gasteiger partial charge < -0.3 is 28.7 Å². The van der Waals surface area contributed by atoms with Crippen LogP contribution in [0.2, 0.25) is 0 Å². The molecule has 0 bridgehead atoms. The number of aromatic nitrogens is 10. The van der Waals surface area contributed by atoms with Crippen molar-refractivity contribution < 1.29 is 35.8 Å². The second-order valence-corrected chi connectivity index (χ2v) is 24.4. The first-order valence-corrected chi connectivity index (χ1v) is 28.4. The number of methoxy groups -OCH3 is 4. The molecule has 2 aliphatic heterocycles. The van der Waals surface area contributed by atoms with Gasteiger partial charge in [-0.15, -0.1) is 20.4 Å². The third-order valence-corrected chi connectivity index (χ3v) is 18.8. The lowest BCUT2D eigenvalue weighted by atomic mass is 9.97. The summed E-state index contributed by atoms with van der Waals surface area (Å²) < 4.78 is 81.2. The van der Waals surface area contributed by atoms with Crippen LogP contribution in [0.3, 0.4) is 0 Å². The average molecular weight is 1060 g/mol. The van der Waals surface area contributed by atoms with E-state index in [1.165, 1.54) is 0 Å². The molecule has 6 aromatic rings. The monoisotopic (exact) mass is 1060 g/mol. The fraction of sp³-hybridized carbons (Fsp3) is 0.538. The summed E-state index contributed by atoms with van der Waals surface area (Å²) in [6, 6.07) is 11.0. The number of piperidine rings is 2. The highest BCUT2D eigenvalue weighted by Crippen LogP contribution is 2.40. The Balaban J connectivity index is 0.000000216. The number of benzene rings is 2. The SMILES string of the molecule is COc1cccc(OC)c1-n1c(CS(=O)(=O)[C@@H](C)[C@H](C)c2ncc(C)cn2)nnc1[C@@H]1CCCN(C)C1.COc1cccc(OC)c1-n1c(CS(=O)(=O)[C@@H](C)[C@H](C)c2ncc(C)cn2)nnc1[C@H]1CCCN(C)C1. The largest absolute Gasteiger partial charge is 0.494 e. The minimum absolute atomic E-state index is 0.0922. The van der Waals surface area contributed by atoms with Crippen LogP contribution in [0, 0.1) is 13.8 Å². The van der Waals surface area contributed by atoms with Crippen molar-refractivity contribution >= 4 is 19.7 Å². The number of nitrogens with zero attached hydrogens (tertiary/aromatic N) is 12. The van der Waals surface area contributed by atoms with E-state index < -0.39 is 42.0 Å². The molecule has 2 fully saturated rings. The van der Waals surface area contributed by atoms with E-state index in [0.29, 0.717) is 69.3 Å². The Labute approximate surface area is 436 Å². The van der Waals surface area contributed by atoms with Gasteiger partial charge in [0.05, 0.1) is 38.9 Å². The number of para-hydroxylation sites is 2. The lowest BCUT2D eigenvalue weighted by molar-refractivity contribution is 0.244. The van der Waals surface area contributed by atoms with Gasteiger partial charge >= 0.3 is 0 Å². The van der Waals surface area contributed by atoms with Gasteiger partial charge in [-0.2, -0.15) is 0 Å². The summed E-state index contributed by atoms with van der Waals surface area (Å²) in [5.74, 6) is 4.11. The topological polar surface area (TPSA) is 225 Å². The Morgan fingerprint density at radius 3 is 1.16 bits per heavy atom. The molecular formula is C52H72N12O8S2. The zero-order chi connectivity index (χ0) is 53.5. The first-order chi connectivity index (χ1) is 35.3. The summed E-state index contributed by atoms with van der Waals surface area (Å²) in [7, 11) is 3.16. The van der Waals surface area contributed by atoms with Gasteiger partial charge in [-0.05, 0) is 116 Å². The predicted molar refractivity (Wildman–Crippen MR) is 282 cm³/mol. The summed E-state index contributed by atoms with van der Waals surface area (Å²) >= 11 is 0. The summed E-state index contributed by atoms with van der Waals surface area (Å²) in [6.07, 6.45) is 10.7. The van der Waals surface area contributed by atoms with Gasteiger partial charge in [0.1, 0.15) is 69.2 Å². The van der Waals surface area contributed by atoms with Gasteiger partial charge in [-0.25, -0.2) is 36.8 Å². The highest BCUT2D eigenvalue weighted by atomic mass is 32.2. The van der Waals surface area contributed by atoms with E-state index >= 15 is 0 Å². The Morgan fingerprint density at radius 2 is 0.865 bits per heavy atom. The number of ether oxygens (including phenoxy) is 4. The molecule has 6 heterocycles. The molecule has 2 aromatic carbocycles. The summed E-state index contributed by atoms with van der Waals surface area (Å²) in [5, 5.41) is 16.5. The fourth-order valence-electron chi connectivity index (χ4n) is 9.66. The van der Waals surface area contributed by atoms with Gasteiger partial charge in [-0.1, -0.05) is 26.0 Å². The van der Waals surface area contributed by atoms with Crippen molar-refractivity contribution in [2.24, 2.45) is 0 Å². The van der Waals surface area contributed by atoms with Crippen molar-refractivity contribution in [3.63, 3.8) is 0 Å². The second-order valence-electron chi connectivity index (χ2n) is 19.7. The van der Waals surface area contributed by atoms with Crippen LogP contribution in [0.5, 0.6) is 23.0 Å². The minimum Gasteiger partial charge on any atom is -0.494 e. The van der Waals surface area contributed by atoms with Crippen LogP contribution in [0.25, 0.3) is 11.4 Å². The molecule has 2 saturated heterocycles. The van der Waals surface area contributed by atoms with Gasteiger partial charge in [0.25, 0.3) is 0 Å². The molecule has 20 nitrogen and oxygen atoms in total. The normalized spacial score (nSPS) is 18.4. The minimum atomic E-state index is -3.66. The molecule has 74 heavy (non-hydrogen) atoms. The van der Waals surface area contributed by atoms with Gasteiger partial charge in [0, 0.05) is 61.5 Å². The average Bonchev–Trinajstić information content (AvgIpc) is 4.00. The number of likely N-dealkylation sites (N-methyl/N-ethyl adjacent to an activating group) is 2. The molecule has 0 spiro atoms. The third kappa shape index (κ3) is 12.4. The lowest BCUT2D eigenvalue weighted by Gasteiger charge is -2.29. The molecule has 400 valence electrons. The van der Waals surface area contributed by atoms with Gasteiger partial charge in [-0.3, -0.25) is 9.13 Å². The zero-order valence-corrected chi connectivity index (χ0v) is 46.4. The van der Waals surface area contributed by atoms with Crippen LogP contribution in [0.1, 0.15) is 123 Å². The van der Waals surface area contributed by atoms with E-state index in [1.54, 1.807) is 67.1 Å². The van der Waals surface area contributed by atoms with Gasteiger partial charge in [0.2, 0.25) is 0 Å². The van der Waals surface area contributed by atoms with Crippen molar-refractivity contribution in [1.29, 1.82) is 0 Å². The van der Waals surface area contributed by atoms with Crippen molar-refractivity contribution in [2.45, 2.75) is 113 Å². The number of likely N-dealkylation sites (tertiary alicyclic amines) is 2. The zero-order valence-electron chi connectivity index (χ0n) is 44.8. The molecule has 0 N–H and O–H groups in total. The Hall–Kier alpha value is -6.10. The molecule has 0 aliphatic carbocycles. The third-order valence-electron chi connectivity index (χ3n) is 14.4. The molecule has 4 aromatic heterocycles. The smallest absolute Gasteiger partial charge is 0.160 e. The van der Waals surface area contributed by atoms with Crippen LogP contribution in [0.15, 0.2) is 61.2 Å². The van der Waals surface area contributed by atoms with Crippen LogP contribution in [0.4, 0.5) is 0 Å². The predicted octanol–water partition coefficient (Wildman–Crippen LogP) is 6.60. The molecule has 22 heteroatoms. The summed E-state index contributed by atoms with van der Waals surface area (Å²) in [5.41, 5.74) is 3.06. The lowest BCUT2D eigenvalue weighted by Crippen LogP contribution is -2.32. The van der Waals surface area contributed by atoms with Crippen LogP contribution < -0.4 is 18.9 Å². The van der Waals surface area contributed by atoms with Crippen LogP contribution in [-0.2, 0) is 31.2 Å². The maximum absolute atomic E-state index is 13.7. The number of sulfone groups is 2. The second kappa shape index (κ2) is 24.1. The fourth-order valence-corrected chi connectivity index (χ4v) is 12.8. The van der Waals surface area contributed by atoms with E-state index in [0.717, 1.165) is 63.0 Å². The van der Waals surface area contributed by atoms with E-state index in [1.807, 2.05) is 73.2 Å². The summed E-state index contributed by atoms with van der Waals surface area (Å²) in [4.78, 5) is 21.9. The molecular weight excluding hydrogens is 985 g/mol. The first kappa shape index (κ1) is 55.6. The maximum Gasteiger partial charge on any atom is 0.160 e. The molecule has 8 rings (SSSR count). The van der Waals surface area contributed by atoms with Crippen molar-refractivity contribution in [1.82, 2.24) is 59.3 Å². The maximum atomic E-state index is 13.7. The summed E-state index contributed by atoms with van der Waals surface area (Å²) in [6.45, 7) is 14.5. The number of hydrogen-bond donors (Lipinski definition) is 0. The number of aryl methyl sites for hydroxylation is 2. The molecule has 0 unspecified atom stereocenters. The number of rotatable bonds is 18. The van der Waals surface area contributed by atoms with Crippen molar-refractivity contribution in [3.05, 3.63) is 107 Å². The first-order valence-electron chi connectivity index (χ1n) is 25.0. The van der Waals surface area contributed by atoms with E-state index in [-0.39, 0.29) is 23.3 Å². The van der Waals surface area contributed by atoms with Crippen molar-refractivity contribution in [2.75, 3.05) is 68.7 Å². The molecule has 0 radical (unpaired) electrons. The van der Waals surface area contributed by atoms with E-state index in [2.05, 4.69) is 64.2 Å². The van der Waals surface area contributed by atoms with E-state index in [4.69, 9.17) is 18.9 Å². The Morgan fingerprint density at radius 1 is 0.541 bits per heavy atom. The van der Waals surface area contributed by atoms with Crippen molar-refractivity contribution in [3.8, 4) is 34.4 Å². The molecule has 6 atom stereocenters.